The van der Waals surface area contributed by atoms with Gasteiger partial charge in [0.2, 0.25) is 15.9 Å². The number of amides is 1. The summed E-state index contributed by atoms with van der Waals surface area (Å²) < 4.78 is 33.4. The molecule has 0 aliphatic carbocycles. The van der Waals surface area contributed by atoms with Crippen molar-refractivity contribution in [1.29, 1.82) is 0 Å². The van der Waals surface area contributed by atoms with Crippen molar-refractivity contribution < 1.29 is 17.9 Å². The second-order valence-corrected chi connectivity index (χ2v) is 8.54. The van der Waals surface area contributed by atoms with Gasteiger partial charge in [0, 0.05) is 13.1 Å². The summed E-state index contributed by atoms with van der Waals surface area (Å²) in [4.78, 5) is 14.8. The number of benzene rings is 1. The number of ether oxygens (including phenoxy) is 1. The largest absolute Gasteiger partial charge is 0.497 e. The molecule has 1 heterocycles. The lowest BCUT2D eigenvalue weighted by molar-refractivity contribution is -0.134. The molecule has 1 aliphatic heterocycles. The van der Waals surface area contributed by atoms with E-state index < -0.39 is 16.1 Å². The zero-order valence-corrected chi connectivity index (χ0v) is 16.2. The number of rotatable bonds is 6. The second kappa shape index (κ2) is 8.19. The van der Waals surface area contributed by atoms with Crippen LogP contribution >= 0.6 is 0 Å². The molecule has 1 aromatic carbocycles. The highest BCUT2D eigenvalue weighted by Gasteiger charge is 2.32. The normalized spacial score (nSPS) is 16.8. The monoisotopic (exact) mass is 368 g/mol. The van der Waals surface area contributed by atoms with Gasteiger partial charge in [-0.15, -0.1) is 0 Å². The van der Waals surface area contributed by atoms with Gasteiger partial charge in [-0.3, -0.25) is 4.79 Å². The first-order valence-electron chi connectivity index (χ1n) is 8.72. The van der Waals surface area contributed by atoms with E-state index in [-0.39, 0.29) is 16.7 Å². The van der Waals surface area contributed by atoms with Crippen molar-refractivity contribution in [2.24, 2.45) is 5.92 Å². The number of likely N-dealkylation sites (tertiary alicyclic amines) is 1. The molecule has 140 valence electrons. The number of carbonyl (C=O) groups is 1. The first-order valence-corrected chi connectivity index (χ1v) is 10.2. The molecule has 0 aromatic heterocycles. The van der Waals surface area contributed by atoms with Crippen molar-refractivity contribution in [3.05, 3.63) is 23.8 Å². The third-order valence-corrected chi connectivity index (χ3v) is 6.16. The number of aryl methyl sites for hydroxylation is 1. The molecule has 7 heteroatoms. The van der Waals surface area contributed by atoms with E-state index in [9.17, 15) is 13.2 Å². The Morgan fingerprint density at radius 2 is 1.84 bits per heavy atom. The molecule has 0 bridgehead atoms. The average molecular weight is 368 g/mol. The summed E-state index contributed by atoms with van der Waals surface area (Å²) in [6.45, 7) is 6.83. The number of nitrogens with one attached hydrogen (secondary N) is 1. The smallest absolute Gasteiger partial charge is 0.241 e. The van der Waals surface area contributed by atoms with Crippen LogP contribution in [0, 0.1) is 12.8 Å². The molecule has 1 N–H and O–H groups in total. The lowest BCUT2D eigenvalue weighted by atomic mass is 10.0. The van der Waals surface area contributed by atoms with Gasteiger partial charge in [0.05, 0.1) is 12.0 Å². The maximum Gasteiger partial charge on any atom is 0.241 e. The van der Waals surface area contributed by atoms with E-state index >= 15 is 0 Å². The lowest BCUT2D eigenvalue weighted by Crippen LogP contribution is -2.52. The average Bonchev–Trinajstić information content (AvgIpc) is 2.59. The van der Waals surface area contributed by atoms with Crippen molar-refractivity contribution in [3.8, 4) is 5.75 Å². The molecule has 0 unspecified atom stereocenters. The van der Waals surface area contributed by atoms with E-state index in [4.69, 9.17) is 4.74 Å². The Hall–Kier alpha value is -1.60. The Morgan fingerprint density at radius 3 is 2.36 bits per heavy atom. The van der Waals surface area contributed by atoms with Crippen LogP contribution in [0.25, 0.3) is 0 Å². The van der Waals surface area contributed by atoms with Crippen molar-refractivity contribution in [3.63, 3.8) is 0 Å². The quantitative estimate of drug-likeness (QED) is 0.836. The first kappa shape index (κ1) is 19.7. The van der Waals surface area contributed by atoms with Crippen LogP contribution in [0.5, 0.6) is 5.75 Å². The van der Waals surface area contributed by atoms with E-state index in [1.54, 1.807) is 24.0 Å². The molecule has 25 heavy (non-hydrogen) atoms. The SMILES string of the molecule is COc1ccc(S(=O)(=O)N[C@H](C(=O)N2CCCCC2)C(C)C)c(C)c1. The van der Waals surface area contributed by atoms with Crippen molar-refractivity contribution in [2.75, 3.05) is 20.2 Å². The van der Waals surface area contributed by atoms with Gasteiger partial charge in [-0.25, -0.2) is 8.42 Å². The van der Waals surface area contributed by atoms with E-state index in [0.717, 1.165) is 19.3 Å². The minimum absolute atomic E-state index is 0.135. The third-order valence-electron chi connectivity index (χ3n) is 4.55. The van der Waals surface area contributed by atoms with E-state index in [1.165, 1.54) is 13.2 Å². The van der Waals surface area contributed by atoms with Crippen molar-refractivity contribution in [2.45, 2.75) is 51.0 Å². The standard InChI is InChI=1S/C18H28N2O4S/c1-13(2)17(18(21)20-10-6-5-7-11-20)19-25(22,23)16-9-8-15(24-4)12-14(16)3/h8-9,12-13,17,19H,5-7,10-11H2,1-4H3/t17-/m0/s1. The minimum atomic E-state index is -3.80. The van der Waals surface area contributed by atoms with Crippen molar-refractivity contribution >= 4 is 15.9 Å². The Kier molecular flexibility index (Phi) is 6.46. The minimum Gasteiger partial charge on any atom is -0.497 e. The molecular weight excluding hydrogens is 340 g/mol. The van der Waals surface area contributed by atoms with Gasteiger partial charge in [-0.1, -0.05) is 13.8 Å². The highest BCUT2D eigenvalue weighted by molar-refractivity contribution is 7.89. The van der Waals surface area contributed by atoms with E-state index in [0.29, 0.717) is 24.4 Å². The van der Waals surface area contributed by atoms with Crippen LogP contribution in [0.1, 0.15) is 38.7 Å². The van der Waals surface area contributed by atoms with Gasteiger partial charge in [0.15, 0.2) is 0 Å². The number of hydrogen-bond acceptors (Lipinski definition) is 4. The number of methoxy groups -OCH3 is 1. The second-order valence-electron chi connectivity index (χ2n) is 6.86. The van der Waals surface area contributed by atoms with Crippen LogP contribution in [-0.2, 0) is 14.8 Å². The summed E-state index contributed by atoms with van der Waals surface area (Å²) in [6, 6.07) is 4.04. The fraction of sp³-hybridized carbons (Fsp3) is 0.611. The van der Waals surface area contributed by atoms with Crippen molar-refractivity contribution in [1.82, 2.24) is 9.62 Å². The first-order chi connectivity index (χ1) is 11.8. The molecule has 1 saturated heterocycles. The number of nitrogens with zero attached hydrogens (tertiary/aromatic N) is 1. The van der Waals surface area contributed by atoms with E-state index in [2.05, 4.69) is 4.72 Å². The van der Waals surface area contributed by atoms with Crippen LogP contribution in [0.2, 0.25) is 0 Å². The highest BCUT2D eigenvalue weighted by Crippen LogP contribution is 2.22. The van der Waals surface area contributed by atoms with Gasteiger partial charge in [-0.05, 0) is 55.9 Å². The Balaban J connectivity index is 2.24. The summed E-state index contributed by atoms with van der Waals surface area (Å²) in [7, 11) is -2.26. The zero-order valence-electron chi connectivity index (χ0n) is 15.4. The summed E-state index contributed by atoms with van der Waals surface area (Å²) in [6.07, 6.45) is 3.06. The maximum atomic E-state index is 12.8. The fourth-order valence-electron chi connectivity index (χ4n) is 3.06. The third kappa shape index (κ3) is 4.73. The number of hydrogen-bond donors (Lipinski definition) is 1. The molecule has 1 amide bonds. The fourth-order valence-corrected chi connectivity index (χ4v) is 4.63. The topological polar surface area (TPSA) is 75.7 Å². The Morgan fingerprint density at radius 1 is 1.20 bits per heavy atom. The number of piperidine rings is 1. The summed E-state index contributed by atoms with van der Waals surface area (Å²) in [5, 5.41) is 0. The Labute approximate surface area is 150 Å². The number of sulfonamides is 1. The van der Waals surface area contributed by atoms with Crippen LogP contribution < -0.4 is 9.46 Å². The Bertz CT molecular complexity index is 710. The van der Waals surface area contributed by atoms with Gasteiger partial charge in [0.1, 0.15) is 11.8 Å². The molecule has 1 fully saturated rings. The number of carbonyl (C=O) groups excluding carboxylic acids is 1. The molecule has 0 spiro atoms. The molecular formula is C18H28N2O4S. The van der Waals surface area contributed by atoms with Gasteiger partial charge < -0.3 is 9.64 Å². The zero-order chi connectivity index (χ0) is 18.6. The predicted molar refractivity (Wildman–Crippen MR) is 97.1 cm³/mol. The van der Waals surface area contributed by atoms with Crippen LogP contribution in [0.4, 0.5) is 0 Å². The van der Waals surface area contributed by atoms with Gasteiger partial charge in [0.25, 0.3) is 0 Å². The van der Waals surface area contributed by atoms with E-state index in [1.807, 2.05) is 13.8 Å². The summed E-state index contributed by atoms with van der Waals surface area (Å²) in [5.74, 6) is 0.327. The highest BCUT2D eigenvalue weighted by atomic mass is 32.2. The molecule has 1 atom stereocenters. The molecule has 1 aromatic rings. The maximum absolute atomic E-state index is 12.8. The molecule has 0 saturated carbocycles. The molecule has 2 rings (SSSR count). The predicted octanol–water partition coefficient (Wildman–Crippen LogP) is 2.32. The van der Waals surface area contributed by atoms with Crippen LogP contribution in [0.3, 0.4) is 0 Å². The van der Waals surface area contributed by atoms with Crippen LogP contribution in [0.15, 0.2) is 23.1 Å². The summed E-state index contributed by atoms with van der Waals surface area (Å²) >= 11 is 0. The lowest BCUT2D eigenvalue weighted by Gasteiger charge is -2.32. The van der Waals surface area contributed by atoms with Gasteiger partial charge >= 0.3 is 0 Å². The van der Waals surface area contributed by atoms with Gasteiger partial charge in [-0.2, -0.15) is 4.72 Å². The molecule has 0 radical (unpaired) electrons. The summed E-state index contributed by atoms with van der Waals surface area (Å²) in [5.41, 5.74) is 0.583. The van der Waals surface area contributed by atoms with Crippen LogP contribution in [-0.4, -0.2) is 45.5 Å². The molecule has 6 nitrogen and oxygen atoms in total. The molecule has 1 aliphatic rings.